The molecule has 2 aromatic rings. The molecular formula is C10H10NP. The van der Waals surface area contributed by atoms with Gasteiger partial charge in [-0.05, 0) is 12.2 Å². The molecule has 12 heavy (non-hydrogen) atoms. The summed E-state index contributed by atoms with van der Waals surface area (Å²) >= 11 is 0. The average molecular weight is 175 g/mol. The van der Waals surface area contributed by atoms with Crippen LogP contribution in [-0.2, 0) is 0 Å². The summed E-state index contributed by atoms with van der Waals surface area (Å²) in [5, 5.41) is 1.37. The molecule has 1 nitrogen and oxygen atoms in total. The fourth-order valence-electron chi connectivity index (χ4n) is 1.16. The highest BCUT2D eigenvalue weighted by molar-refractivity contribution is 7.34. The lowest BCUT2D eigenvalue weighted by molar-refractivity contribution is 1.38. The van der Waals surface area contributed by atoms with Crippen molar-refractivity contribution in [1.82, 2.24) is 4.98 Å². The van der Waals surface area contributed by atoms with Crippen molar-refractivity contribution in [1.29, 1.82) is 0 Å². The average Bonchev–Trinajstić information content (AvgIpc) is 2.54. The predicted molar refractivity (Wildman–Crippen MR) is 53.9 cm³/mol. The summed E-state index contributed by atoms with van der Waals surface area (Å²) in [5.74, 6) is 0. The van der Waals surface area contributed by atoms with Crippen molar-refractivity contribution < 1.29 is 0 Å². The number of aryl methyl sites for hydroxylation is 1. The van der Waals surface area contributed by atoms with Crippen molar-refractivity contribution in [3.05, 3.63) is 41.8 Å². The van der Waals surface area contributed by atoms with Crippen LogP contribution in [0.5, 0.6) is 0 Å². The number of hydrogen-bond acceptors (Lipinski definition) is 1. The van der Waals surface area contributed by atoms with E-state index >= 15 is 0 Å². The first-order valence-electron chi connectivity index (χ1n) is 3.93. The topological polar surface area (TPSA) is 12.9 Å². The van der Waals surface area contributed by atoms with E-state index in [2.05, 4.69) is 36.2 Å². The van der Waals surface area contributed by atoms with Crippen LogP contribution in [0.3, 0.4) is 0 Å². The Labute approximate surface area is 73.6 Å². The summed E-state index contributed by atoms with van der Waals surface area (Å²) in [7, 11) is 0.762. The van der Waals surface area contributed by atoms with Crippen molar-refractivity contribution in [3.8, 4) is 11.0 Å². The Morgan fingerprint density at radius 2 is 1.92 bits per heavy atom. The largest absolute Gasteiger partial charge is 0.252 e. The van der Waals surface area contributed by atoms with Gasteiger partial charge in [0.1, 0.15) is 0 Å². The first kappa shape index (κ1) is 7.57. The van der Waals surface area contributed by atoms with Crippen molar-refractivity contribution >= 4 is 8.19 Å². The van der Waals surface area contributed by atoms with Gasteiger partial charge in [-0.1, -0.05) is 30.3 Å². The highest BCUT2D eigenvalue weighted by atomic mass is 31.0. The molecule has 0 saturated heterocycles. The first-order chi connectivity index (χ1) is 5.86. The minimum atomic E-state index is 0.762. The third kappa shape index (κ3) is 1.41. The first-order valence-corrected chi connectivity index (χ1v) is 4.93. The molecule has 0 fully saturated rings. The number of nitrogens with zero attached hydrogens (tertiary/aromatic N) is 1. The lowest BCUT2D eigenvalue weighted by Gasteiger charge is -1.93. The Bertz CT molecular complexity index is 364. The van der Waals surface area contributed by atoms with Crippen LogP contribution in [0.15, 0.2) is 36.5 Å². The summed E-state index contributed by atoms with van der Waals surface area (Å²) in [4.78, 5) is 4.35. The van der Waals surface area contributed by atoms with Crippen LogP contribution >= 0.6 is 8.19 Å². The van der Waals surface area contributed by atoms with Crippen LogP contribution in [0, 0.1) is 6.92 Å². The molecule has 0 aliphatic rings. The lowest BCUT2D eigenvalue weighted by Crippen LogP contribution is -1.70. The molecule has 1 unspecified atom stereocenters. The van der Waals surface area contributed by atoms with Gasteiger partial charge in [-0.3, -0.25) is 4.98 Å². The summed E-state index contributed by atoms with van der Waals surface area (Å²) < 4.78 is 0. The number of hydrogen-bond donors (Lipinski definition) is 0. The molecule has 60 valence electrons. The van der Waals surface area contributed by atoms with Gasteiger partial charge in [-0.15, -0.1) is 8.19 Å². The smallest absolute Gasteiger partial charge is 0.0861 e. The zero-order valence-electron chi connectivity index (χ0n) is 6.91. The SMILES string of the molecule is Cc1cnc(-c2ccccc2)[pH]1. The maximum absolute atomic E-state index is 4.35. The second-order valence-electron chi connectivity index (χ2n) is 2.78. The van der Waals surface area contributed by atoms with E-state index in [1.807, 2.05) is 12.3 Å². The second-order valence-corrected chi connectivity index (χ2v) is 4.29. The quantitative estimate of drug-likeness (QED) is 0.649. The molecule has 0 saturated carbocycles. The van der Waals surface area contributed by atoms with Gasteiger partial charge in [-0.2, -0.15) is 0 Å². The van der Waals surface area contributed by atoms with Gasteiger partial charge in [0.15, 0.2) is 0 Å². The van der Waals surface area contributed by atoms with Crippen LogP contribution in [-0.4, -0.2) is 4.98 Å². The van der Waals surface area contributed by atoms with E-state index in [-0.39, 0.29) is 0 Å². The molecule has 0 amide bonds. The molecule has 1 atom stereocenters. The van der Waals surface area contributed by atoms with Gasteiger partial charge in [-0.25, -0.2) is 0 Å². The summed E-state index contributed by atoms with van der Waals surface area (Å²) in [5.41, 5.74) is 2.47. The molecule has 0 aliphatic carbocycles. The Morgan fingerprint density at radius 1 is 1.17 bits per heavy atom. The van der Waals surface area contributed by atoms with E-state index in [0.717, 1.165) is 8.19 Å². The van der Waals surface area contributed by atoms with Crippen molar-refractivity contribution in [2.24, 2.45) is 0 Å². The summed E-state index contributed by atoms with van der Waals surface area (Å²) in [6.07, 6.45) is 1.96. The van der Waals surface area contributed by atoms with E-state index in [4.69, 9.17) is 0 Å². The van der Waals surface area contributed by atoms with Crippen LogP contribution in [0.4, 0.5) is 0 Å². The summed E-state index contributed by atoms with van der Waals surface area (Å²) in [6.45, 7) is 2.12. The molecule has 0 N–H and O–H groups in total. The van der Waals surface area contributed by atoms with Gasteiger partial charge in [0, 0.05) is 11.8 Å². The molecule has 0 spiro atoms. The van der Waals surface area contributed by atoms with Gasteiger partial charge in [0.25, 0.3) is 0 Å². The zero-order chi connectivity index (χ0) is 8.39. The van der Waals surface area contributed by atoms with Crippen molar-refractivity contribution in [3.63, 3.8) is 0 Å². The molecular weight excluding hydrogens is 165 g/mol. The molecule has 2 rings (SSSR count). The molecule has 1 aromatic heterocycles. The van der Waals surface area contributed by atoms with E-state index in [0.29, 0.717) is 0 Å². The zero-order valence-corrected chi connectivity index (χ0v) is 7.91. The maximum Gasteiger partial charge on any atom is 0.0861 e. The highest BCUT2D eigenvalue weighted by Crippen LogP contribution is 2.28. The highest BCUT2D eigenvalue weighted by Gasteiger charge is 1.98. The van der Waals surface area contributed by atoms with E-state index in [9.17, 15) is 0 Å². The van der Waals surface area contributed by atoms with E-state index < -0.39 is 0 Å². The van der Waals surface area contributed by atoms with Crippen molar-refractivity contribution in [2.45, 2.75) is 6.92 Å². The second kappa shape index (κ2) is 3.12. The predicted octanol–water partition coefficient (Wildman–Crippen LogP) is 3.09. The Hall–Kier alpha value is -1.07. The maximum atomic E-state index is 4.35. The molecule has 0 radical (unpaired) electrons. The van der Waals surface area contributed by atoms with Gasteiger partial charge in [0.2, 0.25) is 0 Å². The van der Waals surface area contributed by atoms with Crippen LogP contribution < -0.4 is 0 Å². The van der Waals surface area contributed by atoms with Gasteiger partial charge < -0.3 is 0 Å². The van der Waals surface area contributed by atoms with Gasteiger partial charge in [0.05, 0.1) is 5.43 Å². The molecule has 1 heterocycles. The Kier molecular flexibility index (Phi) is 1.97. The number of rotatable bonds is 1. The minimum absolute atomic E-state index is 0.762. The minimum Gasteiger partial charge on any atom is -0.252 e. The molecule has 2 heteroatoms. The van der Waals surface area contributed by atoms with Crippen molar-refractivity contribution in [2.75, 3.05) is 0 Å². The van der Waals surface area contributed by atoms with Crippen LogP contribution in [0.1, 0.15) is 5.30 Å². The molecule has 0 aliphatic heterocycles. The van der Waals surface area contributed by atoms with Gasteiger partial charge >= 0.3 is 0 Å². The Morgan fingerprint density at radius 3 is 2.50 bits per heavy atom. The van der Waals surface area contributed by atoms with Crippen LogP contribution in [0.25, 0.3) is 11.0 Å². The third-order valence-electron chi connectivity index (χ3n) is 1.75. The third-order valence-corrected chi connectivity index (χ3v) is 2.93. The standard InChI is InChI=1S/C10H10NP/c1-8-7-11-10(12-8)9-5-3-2-4-6-9/h2-7,12H,1H3. The van der Waals surface area contributed by atoms with E-state index in [1.165, 1.54) is 16.3 Å². The summed E-state index contributed by atoms with van der Waals surface area (Å²) in [6, 6.07) is 10.4. The molecule has 0 bridgehead atoms. The number of benzene rings is 1. The van der Waals surface area contributed by atoms with Crippen LogP contribution in [0.2, 0.25) is 0 Å². The monoisotopic (exact) mass is 175 g/mol. The number of aromatic nitrogens is 1. The Balaban J connectivity index is 2.45. The fourth-order valence-corrected chi connectivity index (χ4v) is 2.10. The fraction of sp³-hybridized carbons (Fsp3) is 0.100. The normalized spacial score (nSPS) is 10.8. The lowest BCUT2D eigenvalue weighted by atomic mass is 10.2. The molecule has 1 aromatic carbocycles. The van der Waals surface area contributed by atoms with E-state index in [1.54, 1.807) is 0 Å².